The maximum atomic E-state index is 12.6. The van der Waals surface area contributed by atoms with Crippen molar-refractivity contribution in [3.8, 4) is 0 Å². The molecule has 28 heavy (non-hydrogen) atoms. The van der Waals surface area contributed by atoms with Crippen LogP contribution in [-0.2, 0) is 28.7 Å². The third-order valence-electron chi connectivity index (χ3n) is 5.66. The van der Waals surface area contributed by atoms with Crippen LogP contribution in [0.3, 0.4) is 0 Å². The smallest absolute Gasteiger partial charge is 0.333 e. The molecule has 4 fully saturated rings. The zero-order valence-corrected chi connectivity index (χ0v) is 17.7. The van der Waals surface area contributed by atoms with Gasteiger partial charge >= 0.3 is 11.9 Å². The first kappa shape index (κ1) is 19.8. The largest absolute Gasteiger partial charge is 0.426 e. The van der Waals surface area contributed by atoms with Crippen LogP contribution in [0.5, 0.6) is 0 Å². The highest BCUT2D eigenvalue weighted by atomic mass is 32.2. The van der Waals surface area contributed by atoms with Crippen molar-refractivity contribution >= 4 is 47.3 Å². The van der Waals surface area contributed by atoms with E-state index in [1.807, 2.05) is 27.7 Å². The van der Waals surface area contributed by atoms with Crippen LogP contribution < -0.4 is 5.73 Å². The van der Waals surface area contributed by atoms with Crippen molar-refractivity contribution in [2.75, 3.05) is 6.79 Å². The molecule has 2 amide bonds. The van der Waals surface area contributed by atoms with Gasteiger partial charge < -0.3 is 25.0 Å². The predicted molar refractivity (Wildman–Crippen MR) is 102 cm³/mol. The Morgan fingerprint density at radius 2 is 1.57 bits per heavy atom. The van der Waals surface area contributed by atoms with E-state index in [1.54, 1.807) is 11.8 Å². The zero-order chi connectivity index (χ0) is 20.6. The lowest BCUT2D eigenvalue weighted by Gasteiger charge is -2.41. The van der Waals surface area contributed by atoms with E-state index in [0.29, 0.717) is 6.42 Å². The van der Waals surface area contributed by atoms with Crippen molar-refractivity contribution in [2.45, 2.75) is 72.5 Å². The van der Waals surface area contributed by atoms with Crippen molar-refractivity contribution in [3.05, 3.63) is 0 Å². The highest BCUT2D eigenvalue weighted by Gasteiger charge is 2.63. The predicted octanol–water partition coefficient (Wildman–Crippen LogP) is -0.128. The Bertz CT molecular complexity index is 772. The summed E-state index contributed by atoms with van der Waals surface area (Å²) in [6.45, 7) is 6.91. The minimum atomic E-state index is -0.784. The lowest BCUT2D eigenvalue weighted by Crippen LogP contribution is -2.68. The SMILES string of the molecule is CC1(C)S[C@@H]2[C@H](N)C(=O)N2[C@H]1C(=O)OCOC(=O)[C@@H]1N2C(=O)C[C@H]2SC1(C)C. The highest BCUT2D eigenvalue weighted by molar-refractivity contribution is 8.02. The summed E-state index contributed by atoms with van der Waals surface area (Å²) in [7, 11) is 0. The van der Waals surface area contributed by atoms with E-state index >= 15 is 0 Å². The van der Waals surface area contributed by atoms with Crippen molar-refractivity contribution in [2.24, 2.45) is 5.73 Å². The summed E-state index contributed by atoms with van der Waals surface area (Å²) in [5.41, 5.74) is 5.80. The fourth-order valence-corrected chi connectivity index (χ4v) is 7.47. The molecule has 0 unspecified atom stereocenters. The highest BCUT2D eigenvalue weighted by Crippen LogP contribution is 2.51. The minimum Gasteiger partial charge on any atom is -0.426 e. The monoisotopic (exact) mass is 429 g/mol. The van der Waals surface area contributed by atoms with Gasteiger partial charge in [-0.05, 0) is 27.7 Å². The molecule has 4 rings (SSSR count). The van der Waals surface area contributed by atoms with Crippen LogP contribution in [0.4, 0.5) is 0 Å². The lowest BCUT2D eigenvalue weighted by molar-refractivity contribution is -0.181. The van der Waals surface area contributed by atoms with E-state index in [4.69, 9.17) is 15.2 Å². The Balaban J connectivity index is 1.35. The van der Waals surface area contributed by atoms with Crippen LogP contribution in [0.25, 0.3) is 0 Å². The second-order valence-electron chi connectivity index (χ2n) is 8.41. The Morgan fingerprint density at radius 1 is 1.04 bits per heavy atom. The number of carbonyl (C=O) groups excluding carboxylic acids is 4. The molecule has 5 atom stereocenters. The number of nitrogens with two attached hydrogens (primary N) is 1. The number of rotatable bonds is 4. The molecule has 0 aromatic rings. The van der Waals surface area contributed by atoms with E-state index in [2.05, 4.69) is 0 Å². The number of carbonyl (C=O) groups is 4. The molecule has 154 valence electrons. The Kier molecular flexibility index (Phi) is 4.44. The third-order valence-corrected chi connectivity index (χ3v) is 8.74. The van der Waals surface area contributed by atoms with Crippen molar-refractivity contribution < 1.29 is 28.7 Å². The Morgan fingerprint density at radius 3 is 2.14 bits per heavy atom. The zero-order valence-electron chi connectivity index (χ0n) is 16.0. The number of β-lactam (4-membered cyclic amide) rings is 2. The molecular weight excluding hydrogens is 406 g/mol. The second kappa shape index (κ2) is 6.27. The fourth-order valence-electron chi connectivity index (χ4n) is 4.28. The first-order chi connectivity index (χ1) is 13.0. The summed E-state index contributed by atoms with van der Waals surface area (Å²) >= 11 is 3.02. The molecular formula is C17H23N3O6S2. The van der Waals surface area contributed by atoms with Crippen LogP contribution in [-0.4, -0.2) is 78.7 Å². The van der Waals surface area contributed by atoms with Crippen LogP contribution in [0.2, 0.25) is 0 Å². The van der Waals surface area contributed by atoms with Gasteiger partial charge in [-0.2, -0.15) is 0 Å². The molecule has 0 radical (unpaired) electrons. The number of ether oxygens (including phenoxy) is 2. The number of hydrogen-bond donors (Lipinski definition) is 1. The van der Waals surface area contributed by atoms with Gasteiger partial charge in [-0.15, -0.1) is 23.5 Å². The minimum absolute atomic E-state index is 0.00233. The van der Waals surface area contributed by atoms with Gasteiger partial charge in [0.25, 0.3) is 0 Å². The molecule has 0 aromatic carbocycles. The summed E-state index contributed by atoms with van der Waals surface area (Å²) in [5, 5.41) is -0.245. The molecule has 0 aliphatic carbocycles. The lowest BCUT2D eigenvalue weighted by atomic mass is 9.96. The number of thioether (sulfide) groups is 2. The van der Waals surface area contributed by atoms with Gasteiger partial charge in [-0.25, -0.2) is 9.59 Å². The molecule has 4 aliphatic heterocycles. The first-order valence-electron chi connectivity index (χ1n) is 9.03. The summed E-state index contributed by atoms with van der Waals surface area (Å²) in [6.07, 6.45) is 0.425. The Hall–Kier alpha value is -1.46. The van der Waals surface area contributed by atoms with Crippen molar-refractivity contribution in [1.29, 1.82) is 0 Å². The van der Waals surface area contributed by atoms with E-state index in [9.17, 15) is 19.2 Å². The molecule has 9 nitrogen and oxygen atoms in total. The molecule has 11 heteroatoms. The number of fused-ring (bicyclic) bond motifs is 2. The van der Waals surface area contributed by atoms with Gasteiger partial charge in [-0.3, -0.25) is 9.59 Å². The molecule has 4 saturated heterocycles. The van der Waals surface area contributed by atoms with Crippen molar-refractivity contribution in [1.82, 2.24) is 9.80 Å². The Labute approximate surface area is 171 Å². The molecule has 0 spiro atoms. The fraction of sp³-hybridized carbons (Fsp3) is 0.765. The van der Waals surface area contributed by atoms with Gasteiger partial charge in [-0.1, -0.05) is 0 Å². The number of nitrogens with zero attached hydrogens (tertiary/aromatic N) is 2. The average Bonchev–Trinajstić information content (AvgIpc) is 2.98. The van der Waals surface area contributed by atoms with Crippen LogP contribution in [0.1, 0.15) is 34.1 Å². The number of amides is 2. The molecule has 4 aliphatic rings. The standard InChI is InChI=1S/C17H23N3O6S2/c1-16(2)10(19-7(21)5-8(19)27-16)14(23)25-6-26-15(24)11-17(3,4)28-13-9(18)12(22)20(11)13/h8-11,13H,5-6,18H2,1-4H3/t8-,9-,10+,11+,13-/m1/s1. The maximum absolute atomic E-state index is 12.6. The van der Waals surface area contributed by atoms with Crippen LogP contribution in [0.15, 0.2) is 0 Å². The van der Waals surface area contributed by atoms with Gasteiger partial charge in [0.05, 0.1) is 11.8 Å². The van der Waals surface area contributed by atoms with E-state index in [-0.39, 0.29) is 22.6 Å². The van der Waals surface area contributed by atoms with Crippen LogP contribution >= 0.6 is 23.5 Å². The summed E-state index contributed by atoms with van der Waals surface area (Å²) in [5.74, 6) is -1.59. The average molecular weight is 430 g/mol. The second-order valence-corrected chi connectivity index (χ2v) is 12.0. The van der Waals surface area contributed by atoms with Gasteiger partial charge in [0.1, 0.15) is 23.5 Å². The normalized spacial score (nSPS) is 37.0. The van der Waals surface area contributed by atoms with Crippen LogP contribution in [0, 0.1) is 0 Å². The van der Waals surface area contributed by atoms with Gasteiger partial charge in [0.15, 0.2) is 0 Å². The maximum Gasteiger partial charge on any atom is 0.333 e. The third kappa shape index (κ3) is 2.73. The molecule has 2 N–H and O–H groups in total. The molecule has 0 bridgehead atoms. The quantitative estimate of drug-likeness (QED) is 0.370. The molecule has 4 heterocycles. The van der Waals surface area contributed by atoms with E-state index in [1.165, 1.54) is 21.6 Å². The first-order valence-corrected chi connectivity index (χ1v) is 10.8. The summed E-state index contributed by atoms with van der Waals surface area (Å²) in [4.78, 5) is 52.0. The number of esters is 2. The molecule has 0 saturated carbocycles. The summed E-state index contributed by atoms with van der Waals surface area (Å²) in [6, 6.07) is -2.10. The van der Waals surface area contributed by atoms with E-state index in [0.717, 1.165) is 0 Å². The summed E-state index contributed by atoms with van der Waals surface area (Å²) < 4.78 is 9.29. The number of hydrogen-bond acceptors (Lipinski definition) is 9. The van der Waals surface area contributed by atoms with Crippen molar-refractivity contribution in [3.63, 3.8) is 0 Å². The topological polar surface area (TPSA) is 119 Å². The van der Waals surface area contributed by atoms with E-state index < -0.39 is 46.4 Å². The van der Waals surface area contributed by atoms with Gasteiger partial charge in [0, 0.05) is 9.49 Å². The van der Waals surface area contributed by atoms with Gasteiger partial charge in [0.2, 0.25) is 18.6 Å². The molecule has 0 aromatic heterocycles.